The molecule has 22 heavy (non-hydrogen) atoms. The maximum atomic E-state index is 4.42. The Kier molecular flexibility index (Phi) is 7.50. The van der Waals surface area contributed by atoms with Crippen LogP contribution in [0.15, 0.2) is 4.99 Å². The van der Waals surface area contributed by atoms with Gasteiger partial charge in [0.15, 0.2) is 5.96 Å². The maximum Gasteiger partial charge on any atom is 0.191 e. The van der Waals surface area contributed by atoms with Crippen LogP contribution in [0, 0.1) is 11.8 Å². The van der Waals surface area contributed by atoms with Gasteiger partial charge in [-0.2, -0.15) is 0 Å². The molecule has 0 aromatic rings. The second-order valence-electron chi connectivity index (χ2n) is 7.37. The molecular weight excluding hydrogens is 272 g/mol. The summed E-state index contributed by atoms with van der Waals surface area (Å²) in [6.45, 7) is 5.82. The second kappa shape index (κ2) is 9.39. The van der Waals surface area contributed by atoms with E-state index in [1.165, 1.54) is 64.5 Å². The number of aliphatic imine (C=N–C) groups is 1. The average Bonchev–Trinajstić information content (AvgIpc) is 2.53. The van der Waals surface area contributed by atoms with Gasteiger partial charge in [-0.3, -0.25) is 4.99 Å². The Labute approximate surface area is 137 Å². The van der Waals surface area contributed by atoms with E-state index in [0.29, 0.717) is 6.04 Å². The van der Waals surface area contributed by atoms with Crippen LogP contribution in [0.2, 0.25) is 0 Å². The van der Waals surface area contributed by atoms with Gasteiger partial charge in [0.1, 0.15) is 0 Å². The van der Waals surface area contributed by atoms with E-state index in [9.17, 15) is 0 Å². The van der Waals surface area contributed by atoms with Crippen LogP contribution < -0.4 is 10.6 Å². The quantitative estimate of drug-likeness (QED) is 0.606. The van der Waals surface area contributed by atoms with Gasteiger partial charge in [-0.15, -0.1) is 0 Å². The zero-order valence-corrected chi connectivity index (χ0v) is 14.9. The molecule has 2 N–H and O–H groups in total. The summed E-state index contributed by atoms with van der Waals surface area (Å²) in [7, 11) is 4.12. The van der Waals surface area contributed by atoms with Crippen molar-refractivity contribution in [3.63, 3.8) is 0 Å². The molecule has 2 rings (SSSR count). The number of guanidine groups is 1. The molecule has 2 fully saturated rings. The molecule has 1 saturated heterocycles. The summed E-state index contributed by atoms with van der Waals surface area (Å²) in [6.07, 6.45) is 10.8. The van der Waals surface area contributed by atoms with Gasteiger partial charge >= 0.3 is 0 Å². The normalized spacial score (nSPS) is 31.0. The van der Waals surface area contributed by atoms with Gasteiger partial charge < -0.3 is 15.5 Å². The predicted octanol–water partition coefficient (Wildman–Crippen LogP) is 2.85. The van der Waals surface area contributed by atoms with Gasteiger partial charge in [0.25, 0.3) is 0 Å². The van der Waals surface area contributed by atoms with Crippen molar-refractivity contribution in [1.29, 1.82) is 0 Å². The molecule has 0 aromatic carbocycles. The molecule has 0 amide bonds. The molecule has 1 atom stereocenters. The highest BCUT2D eigenvalue weighted by molar-refractivity contribution is 5.79. The average molecular weight is 309 g/mol. The third-order valence-corrected chi connectivity index (χ3v) is 5.39. The zero-order chi connectivity index (χ0) is 15.8. The summed E-state index contributed by atoms with van der Waals surface area (Å²) in [4.78, 5) is 6.87. The van der Waals surface area contributed by atoms with Gasteiger partial charge in [0.2, 0.25) is 0 Å². The van der Waals surface area contributed by atoms with Crippen LogP contribution in [0.3, 0.4) is 0 Å². The topological polar surface area (TPSA) is 39.7 Å². The molecule has 0 bridgehead atoms. The van der Waals surface area contributed by atoms with Gasteiger partial charge in [0, 0.05) is 26.2 Å². The van der Waals surface area contributed by atoms with E-state index in [-0.39, 0.29) is 0 Å². The third kappa shape index (κ3) is 5.79. The van der Waals surface area contributed by atoms with E-state index >= 15 is 0 Å². The number of nitrogens with one attached hydrogen (secondary N) is 2. The fraction of sp³-hybridized carbons (Fsp3) is 0.944. The first-order valence-corrected chi connectivity index (χ1v) is 9.37. The molecule has 1 aliphatic carbocycles. The van der Waals surface area contributed by atoms with Crippen molar-refractivity contribution in [2.24, 2.45) is 16.8 Å². The molecule has 1 saturated carbocycles. The minimum atomic E-state index is 0.619. The van der Waals surface area contributed by atoms with E-state index in [2.05, 4.69) is 34.5 Å². The molecule has 2 aliphatic rings. The van der Waals surface area contributed by atoms with Crippen LogP contribution in [0.4, 0.5) is 0 Å². The van der Waals surface area contributed by atoms with Gasteiger partial charge in [0.05, 0.1) is 0 Å². The Morgan fingerprint density at radius 3 is 2.55 bits per heavy atom. The van der Waals surface area contributed by atoms with Crippen LogP contribution in [-0.2, 0) is 0 Å². The van der Waals surface area contributed by atoms with Crippen molar-refractivity contribution in [2.75, 3.05) is 33.7 Å². The van der Waals surface area contributed by atoms with Crippen LogP contribution in [0.1, 0.15) is 58.3 Å². The van der Waals surface area contributed by atoms with Gasteiger partial charge in [-0.05, 0) is 64.0 Å². The molecule has 4 nitrogen and oxygen atoms in total. The number of likely N-dealkylation sites (tertiary alicyclic amines) is 1. The number of hydrogen-bond acceptors (Lipinski definition) is 2. The van der Waals surface area contributed by atoms with Crippen LogP contribution in [0.25, 0.3) is 0 Å². The van der Waals surface area contributed by atoms with E-state index in [1.54, 1.807) is 0 Å². The lowest BCUT2D eigenvalue weighted by atomic mass is 9.83. The minimum absolute atomic E-state index is 0.619. The Morgan fingerprint density at radius 1 is 1.14 bits per heavy atom. The lowest BCUT2D eigenvalue weighted by molar-refractivity contribution is 0.210. The van der Waals surface area contributed by atoms with Crippen molar-refractivity contribution >= 4 is 5.96 Å². The summed E-state index contributed by atoms with van der Waals surface area (Å²) in [5.74, 6) is 2.74. The molecule has 0 spiro atoms. The minimum Gasteiger partial charge on any atom is -0.356 e. The Morgan fingerprint density at radius 2 is 1.91 bits per heavy atom. The molecule has 4 heteroatoms. The predicted molar refractivity (Wildman–Crippen MR) is 95.4 cm³/mol. The number of nitrogens with zero attached hydrogens (tertiary/aromatic N) is 2. The summed E-state index contributed by atoms with van der Waals surface area (Å²) in [6, 6.07) is 0.619. The monoisotopic (exact) mass is 308 g/mol. The summed E-state index contributed by atoms with van der Waals surface area (Å²) in [5, 5.41) is 7.20. The molecule has 0 radical (unpaired) electrons. The SMILES string of the molecule is CCCC1CCC(NC(=NC)NCC2CCCN(C)C2)CC1. The molecule has 1 heterocycles. The first kappa shape index (κ1) is 17.6. The standard InChI is InChI=1S/C18H36N4/c1-4-6-15-8-10-17(11-9-15)21-18(19-2)20-13-16-7-5-12-22(3)14-16/h15-17H,4-14H2,1-3H3,(H2,19,20,21). The second-order valence-corrected chi connectivity index (χ2v) is 7.37. The van der Waals surface area contributed by atoms with Crippen molar-refractivity contribution in [2.45, 2.75) is 64.3 Å². The molecular formula is C18H36N4. The van der Waals surface area contributed by atoms with Gasteiger partial charge in [-0.25, -0.2) is 0 Å². The summed E-state index contributed by atoms with van der Waals surface area (Å²) in [5.41, 5.74) is 0. The first-order valence-electron chi connectivity index (χ1n) is 9.37. The van der Waals surface area contributed by atoms with Crippen LogP contribution in [0.5, 0.6) is 0 Å². The first-order chi connectivity index (χ1) is 10.7. The third-order valence-electron chi connectivity index (χ3n) is 5.39. The maximum absolute atomic E-state index is 4.42. The zero-order valence-electron chi connectivity index (χ0n) is 14.9. The Balaban J connectivity index is 1.67. The van der Waals surface area contributed by atoms with Crippen molar-refractivity contribution < 1.29 is 0 Å². The van der Waals surface area contributed by atoms with E-state index in [1.807, 2.05) is 7.05 Å². The number of rotatable bonds is 5. The highest BCUT2D eigenvalue weighted by atomic mass is 15.2. The van der Waals surface area contributed by atoms with Crippen LogP contribution in [-0.4, -0.2) is 50.6 Å². The van der Waals surface area contributed by atoms with E-state index < -0.39 is 0 Å². The molecule has 1 unspecified atom stereocenters. The fourth-order valence-corrected chi connectivity index (χ4v) is 4.07. The van der Waals surface area contributed by atoms with Crippen molar-refractivity contribution in [3.05, 3.63) is 0 Å². The highest BCUT2D eigenvalue weighted by Crippen LogP contribution is 2.27. The Bertz CT molecular complexity index is 334. The van der Waals surface area contributed by atoms with E-state index in [4.69, 9.17) is 0 Å². The van der Waals surface area contributed by atoms with E-state index in [0.717, 1.165) is 24.3 Å². The smallest absolute Gasteiger partial charge is 0.191 e. The lowest BCUT2D eigenvalue weighted by Crippen LogP contribution is -2.47. The summed E-state index contributed by atoms with van der Waals surface area (Å²) < 4.78 is 0. The molecule has 1 aliphatic heterocycles. The molecule has 0 aromatic heterocycles. The fourth-order valence-electron chi connectivity index (χ4n) is 4.07. The van der Waals surface area contributed by atoms with Crippen molar-refractivity contribution in [1.82, 2.24) is 15.5 Å². The molecule has 128 valence electrons. The summed E-state index contributed by atoms with van der Waals surface area (Å²) >= 11 is 0. The van der Waals surface area contributed by atoms with Gasteiger partial charge in [-0.1, -0.05) is 19.8 Å². The van der Waals surface area contributed by atoms with Crippen molar-refractivity contribution in [3.8, 4) is 0 Å². The lowest BCUT2D eigenvalue weighted by Gasteiger charge is -2.32. The number of piperidine rings is 1. The van der Waals surface area contributed by atoms with Crippen LogP contribution >= 0.6 is 0 Å². The Hall–Kier alpha value is -0.770. The number of hydrogen-bond donors (Lipinski definition) is 2. The highest BCUT2D eigenvalue weighted by Gasteiger charge is 2.22. The largest absolute Gasteiger partial charge is 0.356 e.